The van der Waals surface area contributed by atoms with Crippen LogP contribution in [-0.4, -0.2) is 11.3 Å². The number of aryl methyl sites for hydroxylation is 1. The van der Waals surface area contributed by atoms with Gasteiger partial charge in [-0.2, -0.15) is 0 Å². The van der Waals surface area contributed by atoms with Crippen LogP contribution in [-0.2, 0) is 0 Å². The molecule has 2 rings (SSSR count). The molecule has 1 aromatic carbocycles. The Morgan fingerprint density at radius 3 is 2.40 bits per heavy atom. The van der Waals surface area contributed by atoms with Gasteiger partial charge in [0.05, 0.1) is 4.47 Å². The Balaban J connectivity index is 2.32. The van der Waals surface area contributed by atoms with Crippen LogP contribution in [0.25, 0.3) is 0 Å². The normalized spacial score (nSPS) is 11.2. The summed E-state index contributed by atoms with van der Waals surface area (Å²) in [5, 5.41) is 0. The van der Waals surface area contributed by atoms with Crippen molar-refractivity contribution in [3.63, 3.8) is 0 Å². The van der Waals surface area contributed by atoms with Gasteiger partial charge in [0.2, 0.25) is 5.88 Å². The van der Waals surface area contributed by atoms with Gasteiger partial charge < -0.3 is 9.47 Å². The van der Waals surface area contributed by atoms with E-state index in [0.29, 0.717) is 4.47 Å². The summed E-state index contributed by atoms with van der Waals surface area (Å²) in [4.78, 5) is 3.97. The minimum Gasteiger partial charge on any atom is -0.434 e. The number of hydrogen-bond acceptors (Lipinski definition) is 3. The zero-order chi connectivity index (χ0) is 14.8. The minimum atomic E-state index is -4.78. The molecular weight excluding hydrogens is 339 g/mol. The molecular formula is C13H9BrF3NO2. The first-order valence-corrected chi connectivity index (χ1v) is 6.30. The number of nitrogens with zero attached hydrogens (tertiary/aromatic N) is 1. The molecule has 0 fully saturated rings. The van der Waals surface area contributed by atoms with Gasteiger partial charge >= 0.3 is 6.36 Å². The number of pyridine rings is 1. The second-order valence-electron chi connectivity index (χ2n) is 3.84. The van der Waals surface area contributed by atoms with Crippen molar-refractivity contribution in [1.82, 2.24) is 4.98 Å². The van der Waals surface area contributed by atoms with Crippen molar-refractivity contribution in [3.8, 4) is 17.4 Å². The fourth-order valence-electron chi connectivity index (χ4n) is 1.43. The van der Waals surface area contributed by atoms with E-state index in [4.69, 9.17) is 4.74 Å². The number of aromatic nitrogens is 1. The third-order valence-electron chi connectivity index (χ3n) is 2.33. The maximum absolute atomic E-state index is 12.3. The Morgan fingerprint density at radius 1 is 1.10 bits per heavy atom. The molecule has 0 N–H and O–H groups in total. The number of halogens is 4. The van der Waals surface area contributed by atoms with Crippen molar-refractivity contribution in [2.75, 3.05) is 0 Å². The SMILES string of the molecule is Cc1ccnc(Oc2ccccc2OC(F)(F)F)c1Br. The molecule has 0 unspecified atom stereocenters. The first kappa shape index (κ1) is 14.6. The monoisotopic (exact) mass is 347 g/mol. The maximum Gasteiger partial charge on any atom is 0.573 e. The maximum atomic E-state index is 12.3. The molecule has 3 nitrogen and oxygen atoms in total. The zero-order valence-corrected chi connectivity index (χ0v) is 11.8. The lowest BCUT2D eigenvalue weighted by Gasteiger charge is -2.14. The molecule has 20 heavy (non-hydrogen) atoms. The molecule has 0 spiro atoms. The number of hydrogen-bond donors (Lipinski definition) is 0. The lowest BCUT2D eigenvalue weighted by atomic mass is 10.3. The number of benzene rings is 1. The van der Waals surface area contributed by atoms with Gasteiger partial charge in [0.25, 0.3) is 0 Å². The number of ether oxygens (including phenoxy) is 2. The Hall–Kier alpha value is -1.76. The van der Waals surface area contributed by atoms with Crippen molar-refractivity contribution in [2.24, 2.45) is 0 Å². The predicted octanol–water partition coefficient (Wildman–Crippen LogP) is 4.84. The van der Waals surface area contributed by atoms with Gasteiger partial charge in [0.15, 0.2) is 11.5 Å². The number of para-hydroxylation sites is 2. The molecule has 0 amide bonds. The van der Waals surface area contributed by atoms with Gasteiger partial charge in [-0.3, -0.25) is 0 Å². The van der Waals surface area contributed by atoms with Crippen LogP contribution in [0.3, 0.4) is 0 Å². The Labute approximate surface area is 121 Å². The summed E-state index contributed by atoms with van der Waals surface area (Å²) in [6.45, 7) is 1.82. The van der Waals surface area contributed by atoms with Crippen LogP contribution in [0, 0.1) is 6.92 Å². The highest BCUT2D eigenvalue weighted by Crippen LogP contribution is 2.37. The molecule has 0 aliphatic rings. The van der Waals surface area contributed by atoms with Crippen LogP contribution in [0.5, 0.6) is 17.4 Å². The largest absolute Gasteiger partial charge is 0.573 e. The summed E-state index contributed by atoms with van der Waals surface area (Å²) < 4.78 is 46.8. The first-order chi connectivity index (χ1) is 9.37. The molecule has 0 atom stereocenters. The molecule has 1 heterocycles. The van der Waals surface area contributed by atoms with Crippen molar-refractivity contribution in [2.45, 2.75) is 13.3 Å². The molecule has 0 saturated heterocycles. The number of alkyl halides is 3. The van der Waals surface area contributed by atoms with Crippen LogP contribution in [0.15, 0.2) is 41.0 Å². The van der Waals surface area contributed by atoms with Crippen LogP contribution in [0.4, 0.5) is 13.2 Å². The zero-order valence-electron chi connectivity index (χ0n) is 10.2. The standard InChI is InChI=1S/C13H9BrF3NO2/c1-8-6-7-18-12(11(8)14)19-9-4-2-3-5-10(9)20-13(15,16)17/h2-7H,1H3. The lowest BCUT2D eigenvalue weighted by Crippen LogP contribution is -2.17. The summed E-state index contributed by atoms with van der Waals surface area (Å²) >= 11 is 3.27. The van der Waals surface area contributed by atoms with Crippen LogP contribution in [0.2, 0.25) is 0 Å². The second-order valence-corrected chi connectivity index (χ2v) is 4.64. The van der Waals surface area contributed by atoms with Crippen molar-refractivity contribution in [1.29, 1.82) is 0 Å². The summed E-state index contributed by atoms with van der Waals surface area (Å²) in [6.07, 6.45) is -3.28. The highest BCUT2D eigenvalue weighted by molar-refractivity contribution is 9.10. The molecule has 0 aliphatic heterocycles. The quantitative estimate of drug-likeness (QED) is 0.795. The predicted molar refractivity (Wildman–Crippen MR) is 69.9 cm³/mol. The first-order valence-electron chi connectivity index (χ1n) is 5.50. The molecule has 106 valence electrons. The van der Waals surface area contributed by atoms with E-state index in [2.05, 4.69) is 25.7 Å². The van der Waals surface area contributed by atoms with Crippen LogP contribution >= 0.6 is 15.9 Å². The van der Waals surface area contributed by atoms with E-state index in [-0.39, 0.29) is 11.6 Å². The van der Waals surface area contributed by atoms with Crippen molar-refractivity contribution in [3.05, 3.63) is 46.6 Å². The van der Waals surface area contributed by atoms with Crippen molar-refractivity contribution < 1.29 is 22.6 Å². The van der Waals surface area contributed by atoms with Gasteiger partial charge in [-0.25, -0.2) is 4.98 Å². The van der Waals surface area contributed by atoms with E-state index in [1.54, 1.807) is 12.1 Å². The summed E-state index contributed by atoms with van der Waals surface area (Å²) in [5.74, 6) is -0.318. The van der Waals surface area contributed by atoms with E-state index in [1.807, 2.05) is 6.92 Å². The van der Waals surface area contributed by atoms with E-state index in [0.717, 1.165) is 5.56 Å². The smallest absolute Gasteiger partial charge is 0.434 e. The van der Waals surface area contributed by atoms with Gasteiger partial charge in [0, 0.05) is 6.20 Å². The minimum absolute atomic E-state index is 0.0661. The molecule has 1 aromatic heterocycles. The fraction of sp³-hybridized carbons (Fsp3) is 0.154. The molecule has 7 heteroatoms. The molecule has 0 aliphatic carbocycles. The van der Waals surface area contributed by atoms with E-state index in [9.17, 15) is 13.2 Å². The highest BCUT2D eigenvalue weighted by atomic mass is 79.9. The summed E-state index contributed by atoms with van der Waals surface area (Å²) in [6, 6.07) is 7.26. The van der Waals surface area contributed by atoms with E-state index < -0.39 is 12.1 Å². The van der Waals surface area contributed by atoms with Gasteiger partial charge in [-0.1, -0.05) is 12.1 Å². The van der Waals surface area contributed by atoms with Gasteiger partial charge in [-0.05, 0) is 46.6 Å². The molecule has 2 aromatic rings. The average Bonchev–Trinajstić information content (AvgIpc) is 2.35. The van der Waals surface area contributed by atoms with Crippen LogP contribution in [0.1, 0.15) is 5.56 Å². The Kier molecular flexibility index (Phi) is 4.17. The van der Waals surface area contributed by atoms with Crippen molar-refractivity contribution >= 4 is 15.9 Å². The Bertz CT molecular complexity index is 617. The number of rotatable bonds is 3. The summed E-state index contributed by atoms with van der Waals surface area (Å²) in [7, 11) is 0. The van der Waals surface area contributed by atoms with Crippen LogP contribution < -0.4 is 9.47 Å². The second kappa shape index (κ2) is 5.70. The molecule has 0 saturated carbocycles. The van der Waals surface area contributed by atoms with Gasteiger partial charge in [0.1, 0.15) is 0 Å². The average molecular weight is 348 g/mol. The summed E-state index contributed by atoms with van der Waals surface area (Å²) in [5.41, 5.74) is 0.851. The Morgan fingerprint density at radius 2 is 1.75 bits per heavy atom. The topological polar surface area (TPSA) is 31.4 Å². The molecule has 0 bridgehead atoms. The highest BCUT2D eigenvalue weighted by Gasteiger charge is 2.32. The molecule has 0 radical (unpaired) electrons. The third-order valence-corrected chi connectivity index (χ3v) is 3.30. The van der Waals surface area contributed by atoms with E-state index in [1.165, 1.54) is 24.4 Å². The third kappa shape index (κ3) is 3.63. The lowest BCUT2D eigenvalue weighted by molar-refractivity contribution is -0.275. The fourth-order valence-corrected chi connectivity index (χ4v) is 1.75. The van der Waals surface area contributed by atoms with Gasteiger partial charge in [-0.15, -0.1) is 13.2 Å². The van der Waals surface area contributed by atoms with E-state index >= 15 is 0 Å².